The molecule has 3 heteroatoms. The van der Waals surface area contributed by atoms with E-state index in [0.717, 1.165) is 13.1 Å². The molecule has 1 aromatic rings. The van der Waals surface area contributed by atoms with Crippen LogP contribution in [-0.2, 0) is 4.79 Å². The summed E-state index contributed by atoms with van der Waals surface area (Å²) in [5.41, 5.74) is 1.48. The maximum absolute atomic E-state index is 11.6. The maximum atomic E-state index is 11.6. The summed E-state index contributed by atoms with van der Waals surface area (Å²) in [6, 6.07) is 10.8. The van der Waals surface area contributed by atoms with E-state index in [0.29, 0.717) is 18.3 Å². The second-order valence-electron chi connectivity index (χ2n) is 5.79. The first-order valence-electron chi connectivity index (χ1n) is 7.76. The summed E-state index contributed by atoms with van der Waals surface area (Å²) >= 11 is 0. The number of amides is 1. The van der Waals surface area contributed by atoms with Crippen LogP contribution in [0.2, 0.25) is 0 Å². The van der Waals surface area contributed by atoms with Gasteiger partial charge in [0.15, 0.2) is 0 Å². The van der Waals surface area contributed by atoms with Crippen LogP contribution in [-0.4, -0.2) is 26.0 Å². The number of benzene rings is 1. The van der Waals surface area contributed by atoms with Crippen molar-refractivity contribution in [1.82, 2.24) is 10.6 Å². The largest absolute Gasteiger partial charge is 0.356 e. The summed E-state index contributed by atoms with van der Waals surface area (Å²) in [5, 5.41) is 6.06. The number of carbonyl (C=O) groups is 1. The van der Waals surface area contributed by atoms with Crippen molar-refractivity contribution < 1.29 is 4.79 Å². The summed E-state index contributed by atoms with van der Waals surface area (Å²) in [4.78, 5) is 11.6. The molecule has 1 fully saturated rings. The summed E-state index contributed by atoms with van der Waals surface area (Å²) in [6.07, 6.45) is 5.54. The Balaban J connectivity index is 1.68. The van der Waals surface area contributed by atoms with E-state index in [1.807, 2.05) is 7.05 Å². The molecule has 0 aliphatic heterocycles. The van der Waals surface area contributed by atoms with Gasteiger partial charge in [-0.05, 0) is 50.1 Å². The third kappa shape index (κ3) is 4.64. The molecule has 1 aliphatic rings. The Morgan fingerprint density at radius 3 is 2.50 bits per heavy atom. The van der Waals surface area contributed by atoms with Gasteiger partial charge in [-0.2, -0.15) is 0 Å². The molecule has 1 amide bonds. The van der Waals surface area contributed by atoms with Crippen LogP contribution in [0.5, 0.6) is 0 Å². The normalized spacial score (nSPS) is 22.4. The highest BCUT2D eigenvalue weighted by Gasteiger charge is 2.22. The van der Waals surface area contributed by atoms with Crippen LogP contribution in [0, 0.1) is 5.92 Å². The molecule has 1 aromatic carbocycles. The average molecular weight is 274 g/mol. The van der Waals surface area contributed by atoms with Crippen molar-refractivity contribution in [2.24, 2.45) is 5.92 Å². The Kier molecular flexibility index (Phi) is 6.06. The van der Waals surface area contributed by atoms with E-state index in [9.17, 15) is 4.79 Å². The van der Waals surface area contributed by atoms with Gasteiger partial charge in [-0.3, -0.25) is 4.79 Å². The van der Waals surface area contributed by atoms with Gasteiger partial charge in [0.05, 0.1) is 0 Å². The van der Waals surface area contributed by atoms with E-state index in [-0.39, 0.29) is 5.91 Å². The summed E-state index contributed by atoms with van der Waals surface area (Å²) in [6.45, 7) is 1.61. The van der Waals surface area contributed by atoms with E-state index in [2.05, 4.69) is 41.0 Å². The zero-order valence-corrected chi connectivity index (χ0v) is 12.4. The lowest BCUT2D eigenvalue weighted by molar-refractivity contribution is -0.121. The van der Waals surface area contributed by atoms with Crippen LogP contribution in [0.15, 0.2) is 30.3 Å². The fraction of sp³-hybridized carbons (Fsp3) is 0.588. The molecule has 2 rings (SSSR count). The zero-order valence-electron chi connectivity index (χ0n) is 12.4. The van der Waals surface area contributed by atoms with Gasteiger partial charge in [0.2, 0.25) is 5.91 Å². The van der Waals surface area contributed by atoms with Gasteiger partial charge in [-0.15, -0.1) is 0 Å². The number of hydrogen-bond acceptors (Lipinski definition) is 2. The molecule has 0 saturated heterocycles. The molecule has 0 atom stereocenters. The van der Waals surface area contributed by atoms with Crippen LogP contribution in [0.3, 0.4) is 0 Å². The molecule has 1 saturated carbocycles. The van der Waals surface area contributed by atoms with Crippen LogP contribution in [0.4, 0.5) is 0 Å². The van der Waals surface area contributed by atoms with Crippen molar-refractivity contribution in [2.45, 2.75) is 38.0 Å². The third-order valence-electron chi connectivity index (χ3n) is 4.31. The standard InChI is InChI=1S/C17H26N2O/c1-18-12-11-17(20)19-13-14-7-9-16(10-8-14)15-5-3-2-4-6-15/h2-6,14,16,18H,7-13H2,1H3,(H,19,20). The predicted molar refractivity (Wildman–Crippen MR) is 82.7 cm³/mol. The molecule has 2 N–H and O–H groups in total. The molecule has 1 aliphatic carbocycles. The molecular formula is C17H26N2O. The fourth-order valence-corrected chi connectivity index (χ4v) is 3.01. The Morgan fingerprint density at radius 2 is 1.85 bits per heavy atom. The minimum atomic E-state index is 0.171. The molecule has 0 radical (unpaired) electrons. The lowest BCUT2D eigenvalue weighted by atomic mass is 9.79. The van der Waals surface area contributed by atoms with E-state index in [4.69, 9.17) is 0 Å². The Morgan fingerprint density at radius 1 is 1.15 bits per heavy atom. The molecule has 0 heterocycles. The van der Waals surface area contributed by atoms with Gasteiger partial charge < -0.3 is 10.6 Å². The van der Waals surface area contributed by atoms with Crippen molar-refractivity contribution >= 4 is 5.91 Å². The second-order valence-corrected chi connectivity index (χ2v) is 5.79. The Labute approximate surface area is 122 Å². The highest BCUT2D eigenvalue weighted by atomic mass is 16.1. The van der Waals surface area contributed by atoms with Crippen LogP contribution in [0.1, 0.15) is 43.6 Å². The van der Waals surface area contributed by atoms with Gasteiger partial charge >= 0.3 is 0 Å². The van der Waals surface area contributed by atoms with Gasteiger partial charge in [0, 0.05) is 19.5 Å². The van der Waals surface area contributed by atoms with Crippen molar-refractivity contribution in [3.05, 3.63) is 35.9 Å². The zero-order chi connectivity index (χ0) is 14.2. The van der Waals surface area contributed by atoms with E-state index in [1.165, 1.54) is 31.2 Å². The number of hydrogen-bond donors (Lipinski definition) is 2. The Bertz CT molecular complexity index is 397. The van der Waals surface area contributed by atoms with Gasteiger partial charge in [0.25, 0.3) is 0 Å². The second kappa shape index (κ2) is 8.05. The lowest BCUT2D eigenvalue weighted by Gasteiger charge is -2.29. The van der Waals surface area contributed by atoms with Gasteiger partial charge in [-0.1, -0.05) is 30.3 Å². The minimum absolute atomic E-state index is 0.171. The molecule has 0 bridgehead atoms. The highest BCUT2D eigenvalue weighted by molar-refractivity contribution is 5.76. The molecule has 3 nitrogen and oxygen atoms in total. The SMILES string of the molecule is CNCCC(=O)NCC1CCC(c2ccccc2)CC1. The summed E-state index contributed by atoms with van der Waals surface area (Å²) in [5.74, 6) is 1.55. The fourth-order valence-electron chi connectivity index (χ4n) is 3.01. The van der Waals surface area contributed by atoms with Crippen LogP contribution < -0.4 is 10.6 Å². The number of nitrogens with one attached hydrogen (secondary N) is 2. The van der Waals surface area contributed by atoms with Gasteiger partial charge in [0.1, 0.15) is 0 Å². The van der Waals surface area contributed by atoms with E-state index >= 15 is 0 Å². The van der Waals surface area contributed by atoms with Crippen LogP contribution in [0.25, 0.3) is 0 Å². The molecule has 0 spiro atoms. The minimum Gasteiger partial charge on any atom is -0.356 e. The quantitative estimate of drug-likeness (QED) is 0.837. The van der Waals surface area contributed by atoms with E-state index in [1.54, 1.807) is 0 Å². The molecule has 110 valence electrons. The number of carbonyl (C=O) groups excluding carboxylic acids is 1. The average Bonchev–Trinajstić information content (AvgIpc) is 2.52. The first kappa shape index (κ1) is 15.0. The molecule has 20 heavy (non-hydrogen) atoms. The van der Waals surface area contributed by atoms with Crippen molar-refractivity contribution in [3.8, 4) is 0 Å². The Hall–Kier alpha value is -1.35. The topological polar surface area (TPSA) is 41.1 Å². The first-order valence-corrected chi connectivity index (χ1v) is 7.76. The lowest BCUT2D eigenvalue weighted by Crippen LogP contribution is -2.32. The van der Waals surface area contributed by atoms with Crippen molar-refractivity contribution in [3.63, 3.8) is 0 Å². The summed E-state index contributed by atoms with van der Waals surface area (Å²) in [7, 11) is 1.87. The maximum Gasteiger partial charge on any atom is 0.221 e. The highest BCUT2D eigenvalue weighted by Crippen LogP contribution is 2.35. The van der Waals surface area contributed by atoms with Gasteiger partial charge in [-0.25, -0.2) is 0 Å². The predicted octanol–water partition coefficient (Wildman–Crippen LogP) is 2.69. The third-order valence-corrected chi connectivity index (χ3v) is 4.31. The van der Waals surface area contributed by atoms with Crippen molar-refractivity contribution in [1.29, 1.82) is 0 Å². The molecular weight excluding hydrogens is 248 g/mol. The van der Waals surface area contributed by atoms with E-state index < -0.39 is 0 Å². The monoisotopic (exact) mass is 274 g/mol. The number of rotatable bonds is 6. The van der Waals surface area contributed by atoms with Crippen LogP contribution >= 0.6 is 0 Å². The first-order chi connectivity index (χ1) is 9.79. The smallest absolute Gasteiger partial charge is 0.221 e. The molecule has 0 unspecified atom stereocenters. The summed E-state index contributed by atoms with van der Waals surface area (Å²) < 4.78 is 0. The van der Waals surface area contributed by atoms with Crippen molar-refractivity contribution in [2.75, 3.05) is 20.1 Å². The molecule has 0 aromatic heterocycles.